The highest BCUT2D eigenvalue weighted by atomic mass is 35.5. The molecular weight excluding hydrogens is 475 g/mol. The van der Waals surface area contributed by atoms with Gasteiger partial charge in [-0.05, 0) is 42.5 Å². The van der Waals surface area contributed by atoms with Crippen molar-refractivity contribution in [1.82, 2.24) is 0 Å². The molecule has 3 aromatic rings. The van der Waals surface area contributed by atoms with Gasteiger partial charge in [-0.25, -0.2) is 0 Å². The molecule has 3 rings (SSSR count). The lowest BCUT2D eigenvalue weighted by Gasteiger charge is -2.12. The fourth-order valence-corrected chi connectivity index (χ4v) is 2.99. The molecule has 34 heavy (non-hydrogen) atoms. The molecule has 1 N–H and O–H groups in total. The molecule has 1 amide bonds. The zero-order chi connectivity index (χ0) is 24.9. The lowest BCUT2D eigenvalue weighted by atomic mass is 10.1. The average Bonchev–Trinajstić information content (AvgIpc) is 2.77. The minimum atomic E-state index is -4.78. The van der Waals surface area contributed by atoms with Crippen molar-refractivity contribution in [3.63, 3.8) is 0 Å². The Labute approximate surface area is 195 Å². The van der Waals surface area contributed by atoms with Gasteiger partial charge in [0, 0.05) is 22.3 Å². The van der Waals surface area contributed by atoms with E-state index in [1.165, 1.54) is 30.3 Å². The van der Waals surface area contributed by atoms with Crippen LogP contribution in [0, 0.1) is 21.4 Å². The number of amides is 1. The van der Waals surface area contributed by atoms with E-state index in [-0.39, 0.29) is 16.9 Å². The Morgan fingerprint density at radius 3 is 2.47 bits per heavy atom. The van der Waals surface area contributed by atoms with E-state index in [1.54, 1.807) is 30.3 Å². The summed E-state index contributed by atoms with van der Waals surface area (Å²) in [5.41, 5.74) is -1.88. The number of hydrogen-bond donors (Lipinski definition) is 1. The van der Waals surface area contributed by atoms with Crippen LogP contribution < -0.4 is 10.1 Å². The van der Waals surface area contributed by atoms with E-state index in [0.717, 1.165) is 6.07 Å². The van der Waals surface area contributed by atoms with Crippen molar-refractivity contribution in [3.05, 3.63) is 98.6 Å². The quantitative estimate of drug-likeness (QED) is 0.182. The number of nitrogens with zero attached hydrogens (tertiary/aromatic N) is 2. The Kier molecular flexibility index (Phi) is 7.18. The van der Waals surface area contributed by atoms with Gasteiger partial charge >= 0.3 is 11.9 Å². The van der Waals surface area contributed by atoms with Crippen LogP contribution in [0.2, 0.25) is 5.02 Å². The number of benzene rings is 3. The van der Waals surface area contributed by atoms with Crippen molar-refractivity contribution in [1.29, 1.82) is 5.26 Å². The van der Waals surface area contributed by atoms with Crippen LogP contribution >= 0.6 is 11.6 Å². The van der Waals surface area contributed by atoms with E-state index in [9.17, 15) is 33.3 Å². The molecule has 11 heteroatoms. The smallest absolute Gasteiger partial charge is 0.416 e. The number of nitro groups is 1. The van der Waals surface area contributed by atoms with E-state index >= 15 is 0 Å². The minimum absolute atomic E-state index is 0.0198. The number of ether oxygens (including phenoxy) is 1. The van der Waals surface area contributed by atoms with Crippen LogP contribution in [-0.2, 0) is 11.0 Å². The van der Waals surface area contributed by atoms with E-state index in [1.807, 2.05) is 0 Å². The van der Waals surface area contributed by atoms with E-state index in [2.05, 4.69) is 5.32 Å². The van der Waals surface area contributed by atoms with Gasteiger partial charge in [0.1, 0.15) is 17.4 Å². The molecule has 0 unspecified atom stereocenters. The molecule has 3 aromatic carbocycles. The largest absolute Gasteiger partial charge is 0.449 e. The lowest BCUT2D eigenvalue weighted by molar-refractivity contribution is -0.385. The second-order valence-electron chi connectivity index (χ2n) is 6.71. The molecule has 0 aromatic heterocycles. The molecule has 0 aliphatic rings. The van der Waals surface area contributed by atoms with Crippen LogP contribution in [0.15, 0.2) is 72.3 Å². The van der Waals surface area contributed by atoms with Crippen molar-refractivity contribution >= 4 is 35.0 Å². The molecule has 0 fully saturated rings. The van der Waals surface area contributed by atoms with Gasteiger partial charge in [0.05, 0.1) is 10.5 Å². The summed E-state index contributed by atoms with van der Waals surface area (Å²) in [5, 5.41) is 23.7. The number of para-hydroxylation sites is 1. The monoisotopic (exact) mass is 487 g/mol. The second-order valence-corrected chi connectivity index (χ2v) is 7.15. The standard InChI is InChI=1S/C23H13ClF3N3O4/c24-17-5-3-6-18(12-17)29-22(31)15(13-28)10-14-4-1-2-7-20(14)34-21-9-8-16(23(25,26)27)11-19(21)30(32)33/h1-12H,(H,29,31)/b15-10+. The van der Waals surface area contributed by atoms with Crippen LogP contribution in [0.3, 0.4) is 0 Å². The summed E-state index contributed by atoms with van der Waals surface area (Å²) in [7, 11) is 0. The molecular formula is C23H13ClF3N3O4. The van der Waals surface area contributed by atoms with Crippen molar-refractivity contribution < 1.29 is 27.6 Å². The zero-order valence-corrected chi connectivity index (χ0v) is 17.7. The molecule has 0 radical (unpaired) electrons. The van der Waals surface area contributed by atoms with Gasteiger partial charge in [-0.1, -0.05) is 35.9 Å². The summed E-state index contributed by atoms with van der Waals surface area (Å²) >= 11 is 5.88. The molecule has 0 bridgehead atoms. The number of rotatable bonds is 6. The maximum Gasteiger partial charge on any atom is 0.416 e. The van der Waals surface area contributed by atoms with Crippen LogP contribution in [-0.4, -0.2) is 10.8 Å². The first kappa shape index (κ1) is 24.3. The third-order valence-corrected chi connectivity index (χ3v) is 4.60. The van der Waals surface area contributed by atoms with E-state index in [4.69, 9.17) is 16.3 Å². The van der Waals surface area contributed by atoms with Crippen molar-refractivity contribution in [2.45, 2.75) is 6.18 Å². The van der Waals surface area contributed by atoms with Crippen LogP contribution in [0.5, 0.6) is 11.5 Å². The Bertz CT molecular complexity index is 1330. The number of carbonyl (C=O) groups excluding carboxylic acids is 1. The first-order valence-corrected chi connectivity index (χ1v) is 9.77. The summed E-state index contributed by atoms with van der Waals surface area (Å²) < 4.78 is 44.3. The fourth-order valence-electron chi connectivity index (χ4n) is 2.80. The predicted molar refractivity (Wildman–Crippen MR) is 118 cm³/mol. The highest BCUT2D eigenvalue weighted by Crippen LogP contribution is 2.38. The van der Waals surface area contributed by atoms with Gasteiger partial charge in [0.2, 0.25) is 5.75 Å². The number of hydrogen-bond acceptors (Lipinski definition) is 5. The molecule has 7 nitrogen and oxygen atoms in total. The minimum Gasteiger partial charge on any atom is -0.449 e. The van der Waals surface area contributed by atoms with Crippen molar-refractivity contribution in [2.24, 2.45) is 0 Å². The number of nitrogens with one attached hydrogen (secondary N) is 1. The number of nitro benzene ring substituents is 1. The Balaban J connectivity index is 1.94. The Morgan fingerprint density at radius 1 is 1.09 bits per heavy atom. The molecule has 0 aliphatic heterocycles. The van der Waals surface area contributed by atoms with Crippen molar-refractivity contribution in [2.75, 3.05) is 5.32 Å². The summed E-state index contributed by atoms with van der Waals surface area (Å²) in [6, 6.07) is 15.8. The molecule has 0 saturated carbocycles. The summed E-state index contributed by atoms with van der Waals surface area (Å²) in [5.74, 6) is -1.21. The fraction of sp³-hybridized carbons (Fsp3) is 0.0435. The zero-order valence-electron chi connectivity index (χ0n) is 17.0. The lowest BCUT2D eigenvalue weighted by Crippen LogP contribution is -2.13. The van der Waals surface area contributed by atoms with Gasteiger partial charge < -0.3 is 10.1 Å². The van der Waals surface area contributed by atoms with Gasteiger partial charge in [-0.3, -0.25) is 14.9 Å². The highest BCUT2D eigenvalue weighted by molar-refractivity contribution is 6.31. The van der Waals surface area contributed by atoms with Crippen molar-refractivity contribution in [3.8, 4) is 17.6 Å². The van der Waals surface area contributed by atoms with Gasteiger partial charge in [0.15, 0.2) is 0 Å². The van der Waals surface area contributed by atoms with Crippen LogP contribution in [0.1, 0.15) is 11.1 Å². The first-order valence-electron chi connectivity index (χ1n) is 9.39. The Morgan fingerprint density at radius 2 is 1.82 bits per heavy atom. The average molecular weight is 488 g/mol. The third kappa shape index (κ3) is 5.90. The predicted octanol–water partition coefficient (Wildman–Crippen LogP) is 6.60. The molecule has 0 atom stereocenters. The topological polar surface area (TPSA) is 105 Å². The van der Waals surface area contributed by atoms with E-state index < -0.39 is 34.0 Å². The SMILES string of the molecule is N#C/C(=C\c1ccccc1Oc1ccc(C(F)(F)F)cc1[N+](=O)[O-])C(=O)Nc1cccc(Cl)c1. The molecule has 0 saturated heterocycles. The van der Waals surface area contributed by atoms with Gasteiger partial charge in [0.25, 0.3) is 5.91 Å². The third-order valence-electron chi connectivity index (χ3n) is 4.37. The van der Waals surface area contributed by atoms with Gasteiger partial charge in [-0.15, -0.1) is 0 Å². The van der Waals surface area contributed by atoms with Crippen LogP contribution in [0.25, 0.3) is 6.08 Å². The Hall–Kier alpha value is -4.36. The number of nitriles is 1. The number of alkyl halides is 3. The number of carbonyl (C=O) groups is 1. The van der Waals surface area contributed by atoms with Crippen LogP contribution in [0.4, 0.5) is 24.5 Å². The summed E-state index contributed by atoms with van der Waals surface area (Å²) in [4.78, 5) is 22.9. The summed E-state index contributed by atoms with van der Waals surface area (Å²) in [6.45, 7) is 0. The second kappa shape index (κ2) is 10.1. The summed E-state index contributed by atoms with van der Waals surface area (Å²) in [6.07, 6.45) is -3.59. The van der Waals surface area contributed by atoms with E-state index in [0.29, 0.717) is 22.8 Å². The molecule has 172 valence electrons. The first-order chi connectivity index (χ1) is 16.1. The normalized spacial score (nSPS) is 11.4. The van der Waals surface area contributed by atoms with Gasteiger partial charge in [-0.2, -0.15) is 18.4 Å². The molecule has 0 heterocycles. The highest BCUT2D eigenvalue weighted by Gasteiger charge is 2.33. The maximum absolute atomic E-state index is 12.9. The molecule has 0 spiro atoms. The number of halogens is 4. The molecule has 0 aliphatic carbocycles. The number of anilines is 1. The maximum atomic E-state index is 12.9.